The largest absolute Gasteiger partial charge is 0.314 e. The quantitative estimate of drug-likeness (QED) is 0.909. The Labute approximate surface area is 126 Å². The lowest BCUT2D eigenvalue weighted by molar-refractivity contribution is 0.109. The number of nitrogens with zero attached hydrogens (tertiary/aromatic N) is 1. The standard InChI is InChI=1S/C15H22Cl2N2/c1-3-11(2)14-9-18-7-8-19(14)10-12-5-4-6-13(16)15(12)17/h4-6,11,14,18H,3,7-10H2,1-2H3. The van der Waals surface area contributed by atoms with E-state index >= 15 is 0 Å². The second-order valence-electron chi connectivity index (χ2n) is 5.34. The second kappa shape index (κ2) is 6.94. The van der Waals surface area contributed by atoms with Gasteiger partial charge in [-0.1, -0.05) is 55.6 Å². The van der Waals surface area contributed by atoms with E-state index in [1.54, 1.807) is 0 Å². The second-order valence-corrected chi connectivity index (χ2v) is 6.13. The fraction of sp³-hybridized carbons (Fsp3) is 0.600. The third-order valence-electron chi connectivity index (χ3n) is 4.10. The minimum atomic E-state index is 0.578. The Bertz CT molecular complexity index is 423. The molecule has 0 aliphatic carbocycles. The van der Waals surface area contributed by atoms with Gasteiger partial charge >= 0.3 is 0 Å². The molecule has 1 heterocycles. The fourth-order valence-corrected chi connectivity index (χ4v) is 3.07. The molecule has 1 aromatic carbocycles. The SMILES string of the molecule is CCC(C)C1CNCCN1Cc1cccc(Cl)c1Cl. The summed E-state index contributed by atoms with van der Waals surface area (Å²) in [4.78, 5) is 2.53. The van der Waals surface area contributed by atoms with E-state index in [0.29, 0.717) is 22.0 Å². The molecule has 0 amide bonds. The van der Waals surface area contributed by atoms with Crippen molar-refractivity contribution in [3.05, 3.63) is 33.8 Å². The molecule has 1 N–H and O–H groups in total. The van der Waals surface area contributed by atoms with Crippen molar-refractivity contribution in [3.63, 3.8) is 0 Å². The summed E-state index contributed by atoms with van der Waals surface area (Å²) in [5.74, 6) is 0.686. The Morgan fingerprint density at radius 2 is 2.21 bits per heavy atom. The zero-order valence-corrected chi connectivity index (χ0v) is 13.1. The van der Waals surface area contributed by atoms with E-state index in [2.05, 4.69) is 30.1 Å². The monoisotopic (exact) mass is 300 g/mol. The van der Waals surface area contributed by atoms with Crippen molar-refractivity contribution in [1.29, 1.82) is 0 Å². The number of benzene rings is 1. The van der Waals surface area contributed by atoms with Crippen molar-refractivity contribution < 1.29 is 0 Å². The molecule has 2 nitrogen and oxygen atoms in total. The molecule has 1 aliphatic heterocycles. The number of nitrogens with one attached hydrogen (secondary N) is 1. The van der Waals surface area contributed by atoms with Gasteiger partial charge < -0.3 is 5.32 Å². The van der Waals surface area contributed by atoms with E-state index in [0.717, 1.165) is 31.7 Å². The molecule has 2 unspecified atom stereocenters. The minimum absolute atomic E-state index is 0.578. The first-order chi connectivity index (χ1) is 9.13. The summed E-state index contributed by atoms with van der Waals surface area (Å²) in [5, 5.41) is 4.84. The summed E-state index contributed by atoms with van der Waals surface area (Å²) in [5.41, 5.74) is 1.13. The molecule has 0 bridgehead atoms. The summed E-state index contributed by atoms with van der Waals surface area (Å²) in [6.45, 7) is 8.64. The fourth-order valence-electron chi connectivity index (χ4n) is 2.69. The molecule has 2 atom stereocenters. The molecule has 0 radical (unpaired) electrons. The van der Waals surface area contributed by atoms with Crippen LogP contribution in [-0.4, -0.2) is 30.6 Å². The van der Waals surface area contributed by atoms with E-state index in [4.69, 9.17) is 23.2 Å². The number of hydrogen-bond acceptors (Lipinski definition) is 2. The summed E-state index contributed by atoms with van der Waals surface area (Å²) >= 11 is 12.4. The minimum Gasteiger partial charge on any atom is -0.314 e. The van der Waals surface area contributed by atoms with Crippen molar-refractivity contribution >= 4 is 23.2 Å². The normalized spacial score (nSPS) is 22.4. The van der Waals surface area contributed by atoms with Gasteiger partial charge in [-0.3, -0.25) is 4.90 Å². The van der Waals surface area contributed by atoms with Gasteiger partial charge in [0, 0.05) is 32.2 Å². The summed E-state index contributed by atoms with van der Waals surface area (Å²) in [6, 6.07) is 6.47. The van der Waals surface area contributed by atoms with Crippen LogP contribution in [0.2, 0.25) is 10.0 Å². The number of rotatable bonds is 4. The van der Waals surface area contributed by atoms with Gasteiger partial charge in [-0.15, -0.1) is 0 Å². The Balaban J connectivity index is 2.13. The van der Waals surface area contributed by atoms with Gasteiger partial charge in [0.2, 0.25) is 0 Å². The first-order valence-corrected chi connectivity index (χ1v) is 7.76. The van der Waals surface area contributed by atoms with Crippen molar-refractivity contribution in [2.24, 2.45) is 5.92 Å². The molecular formula is C15H22Cl2N2. The van der Waals surface area contributed by atoms with Crippen LogP contribution in [0.25, 0.3) is 0 Å². The van der Waals surface area contributed by atoms with Gasteiger partial charge in [-0.05, 0) is 17.5 Å². The summed E-state index contributed by atoms with van der Waals surface area (Å²) < 4.78 is 0. The average molecular weight is 301 g/mol. The van der Waals surface area contributed by atoms with Crippen LogP contribution in [0, 0.1) is 5.92 Å². The van der Waals surface area contributed by atoms with Crippen LogP contribution >= 0.6 is 23.2 Å². The Morgan fingerprint density at radius 1 is 1.42 bits per heavy atom. The van der Waals surface area contributed by atoms with E-state index in [1.165, 1.54) is 6.42 Å². The molecule has 0 saturated carbocycles. The smallest absolute Gasteiger partial charge is 0.0637 e. The van der Waals surface area contributed by atoms with Gasteiger partial charge in [0.25, 0.3) is 0 Å². The van der Waals surface area contributed by atoms with Crippen LogP contribution in [0.15, 0.2) is 18.2 Å². The van der Waals surface area contributed by atoms with Crippen LogP contribution in [0.4, 0.5) is 0 Å². The van der Waals surface area contributed by atoms with Gasteiger partial charge in [-0.2, -0.15) is 0 Å². The van der Waals surface area contributed by atoms with E-state index in [-0.39, 0.29) is 0 Å². The van der Waals surface area contributed by atoms with Crippen molar-refractivity contribution in [2.45, 2.75) is 32.9 Å². The average Bonchev–Trinajstić information content (AvgIpc) is 2.43. The molecule has 0 spiro atoms. The Kier molecular flexibility index (Phi) is 5.52. The molecular weight excluding hydrogens is 279 g/mol. The maximum Gasteiger partial charge on any atom is 0.0637 e. The third-order valence-corrected chi connectivity index (χ3v) is 4.96. The lowest BCUT2D eigenvalue weighted by Crippen LogP contribution is -2.53. The lowest BCUT2D eigenvalue weighted by Gasteiger charge is -2.39. The predicted molar refractivity (Wildman–Crippen MR) is 83.0 cm³/mol. The van der Waals surface area contributed by atoms with Crippen LogP contribution in [0.3, 0.4) is 0 Å². The lowest BCUT2D eigenvalue weighted by atomic mass is 9.95. The molecule has 1 aromatic rings. The van der Waals surface area contributed by atoms with Crippen LogP contribution in [-0.2, 0) is 6.54 Å². The molecule has 1 saturated heterocycles. The summed E-state index contributed by atoms with van der Waals surface area (Å²) in [7, 11) is 0. The third kappa shape index (κ3) is 3.63. The van der Waals surface area contributed by atoms with Crippen molar-refractivity contribution in [1.82, 2.24) is 10.2 Å². The number of hydrogen-bond donors (Lipinski definition) is 1. The molecule has 2 rings (SSSR count). The van der Waals surface area contributed by atoms with Crippen molar-refractivity contribution in [2.75, 3.05) is 19.6 Å². The first-order valence-electron chi connectivity index (χ1n) is 7.01. The first kappa shape index (κ1) is 15.1. The number of piperazine rings is 1. The molecule has 4 heteroatoms. The highest BCUT2D eigenvalue weighted by Crippen LogP contribution is 2.28. The highest BCUT2D eigenvalue weighted by atomic mass is 35.5. The molecule has 1 fully saturated rings. The Morgan fingerprint density at radius 3 is 2.95 bits per heavy atom. The van der Waals surface area contributed by atoms with Gasteiger partial charge in [-0.25, -0.2) is 0 Å². The molecule has 1 aliphatic rings. The zero-order chi connectivity index (χ0) is 13.8. The van der Waals surface area contributed by atoms with Crippen molar-refractivity contribution in [3.8, 4) is 0 Å². The van der Waals surface area contributed by atoms with E-state index < -0.39 is 0 Å². The highest BCUT2D eigenvalue weighted by molar-refractivity contribution is 6.42. The van der Waals surface area contributed by atoms with Gasteiger partial charge in [0.1, 0.15) is 0 Å². The van der Waals surface area contributed by atoms with Crippen LogP contribution < -0.4 is 5.32 Å². The molecule has 106 valence electrons. The number of halogens is 2. The van der Waals surface area contributed by atoms with Crippen LogP contribution in [0.1, 0.15) is 25.8 Å². The van der Waals surface area contributed by atoms with E-state index in [9.17, 15) is 0 Å². The predicted octanol–water partition coefficient (Wildman–Crippen LogP) is 3.81. The molecule has 19 heavy (non-hydrogen) atoms. The zero-order valence-electron chi connectivity index (χ0n) is 11.6. The van der Waals surface area contributed by atoms with E-state index in [1.807, 2.05) is 12.1 Å². The highest BCUT2D eigenvalue weighted by Gasteiger charge is 2.26. The van der Waals surface area contributed by atoms with Crippen LogP contribution in [0.5, 0.6) is 0 Å². The van der Waals surface area contributed by atoms with Gasteiger partial charge in [0.05, 0.1) is 10.0 Å². The topological polar surface area (TPSA) is 15.3 Å². The van der Waals surface area contributed by atoms with Gasteiger partial charge in [0.15, 0.2) is 0 Å². The maximum absolute atomic E-state index is 6.30. The molecule has 0 aromatic heterocycles. The summed E-state index contributed by atoms with van der Waals surface area (Å²) in [6.07, 6.45) is 1.20. The Hall–Kier alpha value is -0.280. The maximum atomic E-state index is 6.30.